The van der Waals surface area contributed by atoms with E-state index in [0.717, 1.165) is 37.0 Å². The highest BCUT2D eigenvalue weighted by Crippen LogP contribution is 2.35. The second-order valence-electron chi connectivity index (χ2n) is 6.24. The lowest BCUT2D eigenvalue weighted by Gasteiger charge is -2.19. The van der Waals surface area contributed by atoms with E-state index in [2.05, 4.69) is 0 Å². The van der Waals surface area contributed by atoms with Gasteiger partial charge in [0, 0.05) is 16.8 Å². The zero-order valence-electron chi connectivity index (χ0n) is 13.7. The van der Waals surface area contributed by atoms with Crippen molar-refractivity contribution < 1.29 is 18.3 Å². The van der Waals surface area contributed by atoms with Crippen LogP contribution in [0.3, 0.4) is 0 Å². The van der Waals surface area contributed by atoms with Gasteiger partial charge in [-0.25, -0.2) is 13.2 Å². The molecule has 0 radical (unpaired) electrons. The van der Waals surface area contributed by atoms with Crippen LogP contribution in [-0.2, 0) is 0 Å². The third-order valence-electron chi connectivity index (χ3n) is 4.36. The van der Waals surface area contributed by atoms with Gasteiger partial charge in [-0.15, -0.1) is 0 Å². The number of aryl methyl sites for hydroxylation is 1. The molecule has 3 N–H and O–H groups in total. The molecular weight excluding hydrogens is 327 g/mol. The molecule has 130 valence electrons. The van der Waals surface area contributed by atoms with Crippen LogP contribution in [0.25, 0.3) is 5.57 Å². The number of halogens is 3. The SMILES string of the molecule is Cc1cc(F)c(/C(=C\C(O)=C2CCC2)c2ccc(F)cc2N)c(F)c1. The summed E-state index contributed by atoms with van der Waals surface area (Å²) < 4.78 is 42.4. The number of aliphatic hydroxyl groups excluding tert-OH is 1. The third-order valence-corrected chi connectivity index (χ3v) is 4.36. The molecule has 0 spiro atoms. The molecule has 1 fully saturated rings. The highest BCUT2D eigenvalue weighted by atomic mass is 19.1. The highest BCUT2D eigenvalue weighted by molar-refractivity contribution is 5.87. The van der Waals surface area contributed by atoms with Crippen LogP contribution in [0.1, 0.15) is 36.0 Å². The van der Waals surface area contributed by atoms with E-state index in [1.807, 2.05) is 0 Å². The lowest BCUT2D eigenvalue weighted by Crippen LogP contribution is -2.04. The number of aliphatic hydroxyl groups is 1. The molecular formula is C20H18F3NO. The maximum Gasteiger partial charge on any atom is 0.134 e. The number of rotatable bonds is 3. The minimum Gasteiger partial charge on any atom is -0.508 e. The summed E-state index contributed by atoms with van der Waals surface area (Å²) in [6.45, 7) is 1.58. The van der Waals surface area contributed by atoms with Gasteiger partial charge in [0.2, 0.25) is 0 Å². The van der Waals surface area contributed by atoms with Crippen LogP contribution >= 0.6 is 0 Å². The smallest absolute Gasteiger partial charge is 0.134 e. The second kappa shape index (κ2) is 6.67. The van der Waals surface area contributed by atoms with Gasteiger partial charge in [0.05, 0.1) is 5.56 Å². The lowest BCUT2D eigenvalue weighted by molar-refractivity contribution is 0.407. The first-order valence-corrected chi connectivity index (χ1v) is 8.01. The summed E-state index contributed by atoms with van der Waals surface area (Å²) in [6.07, 6.45) is 3.77. The van der Waals surface area contributed by atoms with Crippen LogP contribution in [0.4, 0.5) is 18.9 Å². The molecule has 0 heterocycles. The fourth-order valence-corrected chi connectivity index (χ4v) is 2.87. The van der Waals surface area contributed by atoms with Gasteiger partial charge in [0.1, 0.15) is 23.2 Å². The average molecular weight is 345 g/mol. The summed E-state index contributed by atoms with van der Waals surface area (Å²) in [4.78, 5) is 0. The Kier molecular flexibility index (Phi) is 4.57. The van der Waals surface area contributed by atoms with E-state index in [-0.39, 0.29) is 28.1 Å². The van der Waals surface area contributed by atoms with Crippen molar-refractivity contribution >= 4 is 11.3 Å². The zero-order chi connectivity index (χ0) is 18.1. The number of nitrogens with two attached hydrogens (primary N) is 1. The molecule has 1 saturated carbocycles. The predicted molar refractivity (Wildman–Crippen MR) is 92.5 cm³/mol. The van der Waals surface area contributed by atoms with E-state index in [9.17, 15) is 18.3 Å². The van der Waals surface area contributed by atoms with E-state index >= 15 is 0 Å². The molecule has 2 nitrogen and oxygen atoms in total. The minimum absolute atomic E-state index is 0.0237. The Morgan fingerprint density at radius 3 is 2.24 bits per heavy atom. The maximum absolute atomic E-state index is 14.5. The van der Waals surface area contributed by atoms with Gasteiger partial charge in [0.25, 0.3) is 0 Å². The molecule has 2 aromatic rings. The Hall–Kier alpha value is -2.69. The van der Waals surface area contributed by atoms with Gasteiger partial charge in [-0.1, -0.05) is 0 Å². The minimum atomic E-state index is -0.765. The number of nitrogen functional groups attached to an aromatic ring is 1. The first kappa shape index (κ1) is 17.1. The summed E-state index contributed by atoms with van der Waals surface area (Å²) in [5.41, 5.74) is 7.22. The molecule has 1 aliphatic carbocycles. The van der Waals surface area contributed by atoms with E-state index < -0.39 is 17.5 Å². The normalized spacial score (nSPS) is 14.4. The summed E-state index contributed by atoms with van der Waals surface area (Å²) >= 11 is 0. The number of hydrogen-bond donors (Lipinski definition) is 2. The summed E-state index contributed by atoms with van der Waals surface area (Å²) in [7, 11) is 0. The molecule has 0 aliphatic heterocycles. The van der Waals surface area contributed by atoms with Gasteiger partial charge >= 0.3 is 0 Å². The monoisotopic (exact) mass is 345 g/mol. The third kappa shape index (κ3) is 3.40. The fourth-order valence-electron chi connectivity index (χ4n) is 2.87. The number of allylic oxidation sites excluding steroid dienone is 2. The van der Waals surface area contributed by atoms with Crippen LogP contribution in [0.2, 0.25) is 0 Å². The molecule has 0 aromatic heterocycles. The van der Waals surface area contributed by atoms with Gasteiger partial charge in [-0.2, -0.15) is 0 Å². The summed E-state index contributed by atoms with van der Waals surface area (Å²) in [6, 6.07) is 6.02. The fraction of sp³-hybridized carbons (Fsp3) is 0.200. The van der Waals surface area contributed by atoms with Gasteiger partial charge in [-0.3, -0.25) is 0 Å². The van der Waals surface area contributed by atoms with Gasteiger partial charge in [-0.05, 0) is 73.7 Å². The Morgan fingerprint density at radius 2 is 1.72 bits per heavy atom. The Labute approximate surface area is 144 Å². The summed E-state index contributed by atoms with van der Waals surface area (Å²) in [5.74, 6) is -2.10. The Balaban J connectivity index is 2.25. The highest BCUT2D eigenvalue weighted by Gasteiger charge is 2.21. The average Bonchev–Trinajstić information content (AvgIpc) is 2.43. The predicted octanol–water partition coefficient (Wildman–Crippen LogP) is 5.42. The summed E-state index contributed by atoms with van der Waals surface area (Å²) in [5, 5.41) is 10.3. The van der Waals surface area contributed by atoms with Crippen molar-refractivity contribution in [2.45, 2.75) is 26.2 Å². The Bertz CT molecular complexity index is 871. The number of benzene rings is 2. The molecule has 0 unspecified atom stereocenters. The molecule has 2 aromatic carbocycles. The second-order valence-corrected chi connectivity index (χ2v) is 6.24. The molecule has 0 bridgehead atoms. The maximum atomic E-state index is 14.5. The van der Waals surface area contributed by atoms with Crippen LogP contribution in [0, 0.1) is 24.4 Å². The largest absolute Gasteiger partial charge is 0.508 e. The van der Waals surface area contributed by atoms with E-state index in [0.29, 0.717) is 5.56 Å². The molecule has 0 amide bonds. The van der Waals surface area contributed by atoms with E-state index in [1.54, 1.807) is 6.92 Å². The first-order valence-electron chi connectivity index (χ1n) is 8.01. The topological polar surface area (TPSA) is 46.2 Å². The number of hydrogen-bond acceptors (Lipinski definition) is 2. The Morgan fingerprint density at radius 1 is 1.08 bits per heavy atom. The van der Waals surface area contributed by atoms with Gasteiger partial charge < -0.3 is 10.8 Å². The quantitative estimate of drug-likeness (QED) is 0.576. The van der Waals surface area contributed by atoms with Crippen molar-refractivity contribution in [1.29, 1.82) is 0 Å². The van der Waals surface area contributed by atoms with E-state index in [1.165, 1.54) is 24.3 Å². The van der Waals surface area contributed by atoms with Crippen LogP contribution in [0.15, 0.2) is 47.7 Å². The van der Waals surface area contributed by atoms with Crippen molar-refractivity contribution in [1.82, 2.24) is 0 Å². The molecule has 5 heteroatoms. The van der Waals surface area contributed by atoms with Crippen molar-refractivity contribution in [2.75, 3.05) is 5.73 Å². The zero-order valence-corrected chi connectivity index (χ0v) is 13.7. The van der Waals surface area contributed by atoms with Crippen molar-refractivity contribution in [2.24, 2.45) is 0 Å². The van der Waals surface area contributed by atoms with Gasteiger partial charge in [0.15, 0.2) is 0 Å². The number of anilines is 1. The first-order chi connectivity index (χ1) is 11.9. The van der Waals surface area contributed by atoms with Crippen LogP contribution < -0.4 is 5.73 Å². The van der Waals surface area contributed by atoms with Crippen molar-refractivity contribution in [3.8, 4) is 0 Å². The van der Waals surface area contributed by atoms with Crippen molar-refractivity contribution in [3.05, 3.63) is 81.9 Å². The standard InChI is InChI=1S/C20H18F3NO/c1-11-7-16(22)20(17(23)8-11)15(10-19(25)12-3-2-4-12)14-6-5-13(21)9-18(14)24/h5-10,25H,2-4,24H2,1H3/b15-10-. The molecule has 25 heavy (non-hydrogen) atoms. The van der Waals surface area contributed by atoms with E-state index in [4.69, 9.17) is 5.73 Å². The van der Waals surface area contributed by atoms with Crippen molar-refractivity contribution in [3.63, 3.8) is 0 Å². The molecule has 1 aliphatic rings. The van der Waals surface area contributed by atoms with Crippen LogP contribution in [0.5, 0.6) is 0 Å². The molecule has 3 rings (SSSR count). The molecule has 0 saturated heterocycles. The van der Waals surface area contributed by atoms with Crippen LogP contribution in [-0.4, -0.2) is 5.11 Å². The molecule has 0 atom stereocenters. The lowest BCUT2D eigenvalue weighted by atomic mass is 9.88.